The van der Waals surface area contributed by atoms with Crippen LogP contribution in [0.3, 0.4) is 0 Å². The van der Waals surface area contributed by atoms with Crippen molar-refractivity contribution in [2.75, 3.05) is 6.61 Å². The van der Waals surface area contributed by atoms with Gasteiger partial charge >= 0.3 is 0 Å². The smallest absolute Gasteiger partial charge is 0.249 e. The van der Waals surface area contributed by atoms with Crippen molar-refractivity contribution < 1.29 is 18.0 Å². The van der Waals surface area contributed by atoms with Gasteiger partial charge < -0.3 is 9.63 Å². The molecule has 0 spiro atoms. The largest absolute Gasteiger partial charge is 0.396 e. The second-order valence-corrected chi connectivity index (χ2v) is 9.40. The van der Waals surface area contributed by atoms with Crippen molar-refractivity contribution >= 4 is 10.0 Å². The van der Waals surface area contributed by atoms with E-state index in [1.807, 2.05) is 30.3 Å². The normalized spacial score (nSPS) is 28.7. The summed E-state index contributed by atoms with van der Waals surface area (Å²) in [6.07, 6.45) is 2.98. The molecule has 2 fully saturated rings. The van der Waals surface area contributed by atoms with Crippen LogP contribution in [0.15, 0.2) is 39.8 Å². The molecule has 0 amide bonds. The highest BCUT2D eigenvalue weighted by Gasteiger charge is 2.60. The minimum Gasteiger partial charge on any atom is -0.396 e. The summed E-state index contributed by atoms with van der Waals surface area (Å²) in [5.41, 5.74) is 1.09. The molecular formula is C19H24N2O4S. The Labute approximate surface area is 153 Å². The maximum atomic E-state index is 13.4. The monoisotopic (exact) mass is 376 g/mol. The number of aliphatic hydroxyl groups is 1. The summed E-state index contributed by atoms with van der Waals surface area (Å²) in [6, 6.07) is 9.72. The summed E-state index contributed by atoms with van der Waals surface area (Å²) in [7, 11) is -3.70. The highest BCUT2D eigenvalue weighted by molar-refractivity contribution is 7.89. The summed E-state index contributed by atoms with van der Waals surface area (Å²) in [5, 5.41) is 14.1. The Bertz CT molecular complexity index is 889. The molecule has 0 radical (unpaired) electrons. The van der Waals surface area contributed by atoms with Crippen LogP contribution in [0, 0.1) is 19.3 Å². The van der Waals surface area contributed by atoms with Crippen molar-refractivity contribution in [1.82, 2.24) is 9.46 Å². The molecule has 0 aliphatic carbocycles. The minimum absolute atomic E-state index is 0.0172. The van der Waals surface area contributed by atoms with Crippen molar-refractivity contribution in [3.8, 4) is 0 Å². The van der Waals surface area contributed by atoms with Gasteiger partial charge in [0.1, 0.15) is 10.6 Å². The van der Waals surface area contributed by atoms with Gasteiger partial charge in [-0.3, -0.25) is 0 Å². The first-order chi connectivity index (χ1) is 12.4. The van der Waals surface area contributed by atoms with Gasteiger partial charge in [0.05, 0.1) is 6.61 Å². The van der Waals surface area contributed by atoms with E-state index in [0.717, 1.165) is 18.4 Å². The van der Waals surface area contributed by atoms with E-state index in [2.05, 4.69) is 5.16 Å². The fraction of sp³-hybridized carbons (Fsp3) is 0.526. The zero-order valence-corrected chi connectivity index (χ0v) is 15.9. The van der Waals surface area contributed by atoms with E-state index < -0.39 is 15.4 Å². The van der Waals surface area contributed by atoms with Crippen LogP contribution in [0.4, 0.5) is 0 Å². The maximum absolute atomic E-state index is 13.4. The Morgan fingerprint density at radius 1 is 1.27 bits per heavy atom. The van der Waals surface area contributed by atoms with Gasteiger partial charge in [-0.05, 0) is 45.1 Å². The lowest BCUT2D eigenvalue weighted by molar-refractivity contribution is 0.0888. The molecule has 1 aromatic heterocycles. The third-order valence-corrected chi connectivity index (χ3v) is 8.21. The lowest BCUT2D eigenvalue weighted by atomic mass is 9.70. The molecule has 3 heterocycles. The van der Waals surface area contributed by atoms with Crippen LogP contribution in [0.25, 0.3) is 0 Å². The molecule has 6 nitrogen and oxygen atoms in total. The Balaban J connectivity index is 1.72. The molecule has 3 atom stereocenters. The molecule has 0 unspecified atom stereocenters. The van der Waals surface area contributed by atoms with E-state index in [0.29, 0.717) is 24.3 Å². The zero-order valence-electron chi connectivity index (χ0n) is 15.1. The van der Waals surface area contributed by atoms with Gasteiger partial charge in [0.25, 0.3) is 0 Å². The first-order valence-electron chi connectivity index (χ1n) is 9.00. The average Bonchev–Trinajstić information content (AvgIpc) is 3.28. The predicted octanol–water partition coefficient (Wildman–Crippen LogP) is 2.44. The van der Waals surface area contributed by atoms with E-state index >= 15 is 0 Å². The molecule has 2 aromatic rings. The average molecular weight is 376 g/mol. The van der Waals surface area contributed by atoms with Gasteiger partial charge in [-0.1, -0.05) is 35.5 Å². The van der Waals surface area contributed by atoms with Gasteiger partial charge in [0.2, 0.25) is 10.0 Å². The fourth-order valence-corrected chi connectivity index (χ4v) is 7.22. The molecule has 7 heteroatoms. The third kappa shape index (κ3) is 2.52. The second kappa shape index (κ2) is 6.18. The lowest BCUT2D eigenvalue weighted by Gasteiger charge is -2.36. The molecule has 2 aliphatic heterocycles. The quantitative estimate of drug-likeness (QED) is 0.866. The molecule has 0 saturated carbocycles. The zero-order chi connectivity index (χ0) is 18.5. The molecule has 2 saturated heterocycles. The van der Waals surface area contributed by atoms with Gasteiger partial charge in [-0.15, -0.1) is 0 Å². The van der Waals surface area contributed by atoms with E-state index in [9.17, 15) is 13.5 Å². The molecule has 2 aliphatic rings. The Morgan fingerprint density at radius 2 is 2.00 bits per heavy atom. The Hall–Kier alpha value is -1.70. The molecule has 1 aromatic carbocycles. The molecular weight excluding hydrogens is 352 g/mol. The van der Waals surface area contributed by atoms with Crippen LogP contribution in [-0.4, -0.2) is 41.7 Å². The van der Waals surface area contributed by atoms with Gasteiger partial charge in [0.15, 0.2) is 5.76 Å². The summed E-state index contributed by atoms with van der Waals surface area (Å²) in [6.45, 7) is 3.27. The van der Waals surface area contributed by atoms with E-state index in [4.69, 9.17) is 4.52 Å². The lowest BCUT2D eigenvalue weighted by Crippen LogP contribution is -2.44. The van der Waals surface area contributed by atoms with Crippen LogP contribution >= 0.6 is 0 Å². The van der Waals surface area contributed by atoms with Crippen molar-refractivity contribution in [2.45, 2.75) is 56.5 Å². The molecule has 1 N–H and O–H groups in total. The molecule has 4 rings (SSSR count). The SMILES string of the molecule is Cc1noc(C)c1S(=O)(=O)N1[C@H]2CC[C@@H]1[C@@](CO)(Cc1ccccc1)C2. The summed E-state index contributed by atoms with van der Waals surface area (Å²) < 4.78 is 33.5. The number of aliphatic hydroxyl groups excluding tert-OH is 1. The van der Waals surface area contributed by atoms with Crippen LogP contribution in [0.5, 0.6) is 0 Å². The Kier molecular flexibility index (Phi) is 4.21. The van der Waals surface area contributed by atoms with Crippen molar-refractivity contribution in [2.24, 2.45) is 5.41 Å². The molecule has 140 valence electrons. The number of hydrogen-bond donors (Lipinski definition) is 1. The van der Waals surface area contributed by atoms with E-state index in [-0.39, 0.29) is 23.6 Å². The van der Waals surface area contributed by atoms with E-state index in [1.54, 1.807) is 18.2 Å². The molecule has 26 heavy (non-hydrogen) atoms. The summed E-state index contributed by atoms with van der Waals surface area (Å²) in [4.78, 5) is 0.183. The maximum Gasteiger partial charge on any atom is 0.249 e. The number of nitrogens with zero attached hydrogens (tertiary/aromatic N) is 2. The van der Waals surface area contributed by atoms with E-state index in [1.165, 1.54) is 0 Å². The second-order valence-electron chi connectivity index (χ2n) is 7.62. The highest BCUT2D eigenvalue weighted by atomic mass is 32.2. The standard InChI is InChI=1S/C19H24N2O4S/c1-13-18(14(2)25-20-13)26(23,24)21-16-8-9-17(21)19(11-16,12-22)10-15-6-4-3-5-7-15/h3-7,16-17,22H,8-12H2,1-2H3/t16-,17+,19-/m0/s1. The van der Waals surface area contributed by atoms with Gasteiger partial charge in [-0.25, -0.2) is 8.42 Å². The van der Waals surface area contributed by atoms with Crippen LogP contribution in [0.1, 0.15) is 36.3 Å². The third-order valence-electron chi connectivity index (χ3n) is 6.01. The Morgan fingerprint density at radius 3 is 2.62 bits per heavy atom. The topological polar surface area (TPSA) is 83.6 Å². The number of fused-ring (bicyclic) bond motifs is 2. The number of aryl methyl sites for hydroxylation is 2. The first kappa shape index (κ1) is 17.7. The number of rotatable bonds is 5. The number of sulfonamides is 1. The molecule has 2 bridgehead atoms. The van der Waals surface area contributed by atoms with Crippen LogP contribution in [0.2, 0.25) is 0 Å². The van der Waals surface area contributed by atoms with Crippen LogP contribution in [-0.2, 0) is 16.4 Å². The van der Waals surface area contributed by atoms with Crippen molar-refractivity contribution in [3.05, 3.63) is 47.3 Å². The van der Waals surface area contributed by atoms with Crippen LogP contribution < -0.4 is 0 Å². The first-order valence-corrected chi connectivity index (χ1v) is 10.4. The summed E-state index contributed by atoms with van der Waals surface area (Å²) in [5.74, 6) is 0.325. The fourth-order valence-electron chi connectivity index (χ4n) is 4.96. The minimum atomic E-state index is -3.70. The van der Waals surface area contributed by atoms with Gasteiger partial charge in [0, 0.05) is 17.5 Å². The predicted molar refractivity (Wildman–Crippen MR) is 96.1 cm³/mol. The number of hydrogen-bond acceptors (Lipinski definition) is 5. The van der Waals surface area contributed by atoms with Crippen molar-refractivity contribution in [3.63, 3.8) is 0 Å². The number of benzene rings is 1. The van der Waals surface area contributed by atoms with Gasteiger partial charge in [-0.2, -0.15) is 4.31 Å². The highest BCUT2D eigenvalue weighted by Crippen LogP contribution is 2.53. The summed E-state index contributed by atoms with van der Waals surface area (Å²) >= 11 is 0. The van der Waals surface area contributed by atoms with Crippen molar-refractivity contribution in [1.29, 1.82) is 0 Å². The number of aromatic nitrogens is 1.